The molecule has 9 heteroatoms. The molecule has 2 unspecified atom stereocenters. The third-order valence-corrected chi connectivity index (χ3v) is 7.85. The Labute approximate surface area is 231 Å². The van der Waals surface area contributed by atoms with Gasteiger partial charge < -0.3 is 19.9 Å². The minimum absolute atomic E-state index is 0.0579. The van der Waals surface area contributed by atoms with Crippen molar-refractivity contribution in [3.63, 3.8) is 0 Å². The summed E-state index contributed by atoms with van der Waals surface area (Å²) >= 11 is 6.15. The van der Waals surface area contributed by atoms with Crippen LogP contribution in [0.5, 0.6) is 0 Å². The van der Waals surface area contributed by atoms with Crippen molar-refractivity contribution in [3.8, 4) is 0 Å². The van der Waals surface area contributed by atoms with Gasteiger partial charge in [-0.25, -0.2) is 14.8 Å². The van der Waals surface area contributed by atoms with E-state index in [0.29, 0.717) is 37.1 Å². The number of nitrogens with one attached hydrogen (secondary N) is 1. The summed E-state index contributed by atoms with van der Waals surface area (Å²) in [6.45, 7) is 11.2. The van der Waals surface area contributed by atoms with Gasteiger partial charge in [-0.2, -0.15) is 0 Å². The number of fused-ring (bicyclic) bond motifs is 1. The quantitative estimate of drug-likeness (QED) is 0.433. The highest BCUT2D eigenvalue weighted by atomic mass is 35.5. The van der Waals surface area contributed by atoms with Gasteiger partial charge >= 0.3 is 6.09 Å². The van der Waals surface area contributed by atoms with Crippen LogP contribution in [0.15, 0.2) is 30.6 Å². The number of amides is 2. The fourth-order valence-corrected chi connectivity index (χ4v) is 5.59. The number of carbonyl (C=O) groups is 2. The molecule has 2 amide bonds. The number of halogens is 1. The molecule has 1 N–H and O–H groups in total. The third kappa shape index (κ3) is 6.76. The molecule has 0 bridgehead atoms. The maximum absolute atomic E-state index is 13.9. The first-order valence-electron chi connectivity index (χ1n) is 13.8. The molecule has 1 aliphatic carbocycles. The highest BCUT2D eigenvalue weighted by molar-refractivity contribution is 6.30. The molecule has 8 nitrogen and oxygen atoms in total. The Hall–Kier alpha value is -2.87. The summed E-state index contributed by atoms with van der Waals surface area (Å²) in [5, 5.41) is 3.58. The van der Waals surface area contributed by atoms with Crippen LogP contribution in [0.1, 0.15) is 82.0 Å². The van der Waals surface area contributed by atoms with Crippen LogP contribution in [0.25, 0.3) is 0 Å². The standard InChI is InChI=1S/C29H40ClN5O3/c1-5-6-17-38-28(37)33-29(3,4)18-23(21-8-10-22(30)11-9-21)27(36)35-15-13-34(14-16-35)26-25-20(2)7-12-24(25)31-19-32-26/h8-11,19-20,23H,5-7,12-18H2,1-4H3,(H,33,37). The van der Waals surface area contributed by atoms with Crippen molar-refractivity contribution in [2.24, 2.45) is 0 Å². The summed E-state index contributed by atoms with van der Waals surface area (Å²) in [5.41, 5.74) is 2.66. The van der Waals surface area contributed by atoms with E-state index in [4.69, 9.17) is 16.3 Å². The number of unbranched alkanes of at least 4 members (excludes halogenated alkanes) is 1. The van der Waals surface area contributed by atoms with Crippen molar-refractivity contribution in [3.05, 3.63) is 52.4 Å². The topological polar surface area (TPSA) is 87.7 Å². The number of rotatable bonds is 9. The number of aromatic nitrogens is 2. The Balaban J connectivity index is 1.46. The zero-order valence-electron chi connectivity index (χ0n) is 23.0. The average molecular weight is 542 g/mol. The lowest BCUT2D eigenvalue weighted by Gasteiger charge is -2.39. The molecule has 1 aromatic carbocycles. The Morgan fingerprint density at radius 2 is 1.87 bits per heavy atom. The summed E-state index contributed by atoms with van der Waals surface area (Å²) in [7, 11) is 0. The molecular weight excluding hydrogens is 502 g/mol. The number of ether oxygens (including phenoxy) is 1. The van der Waals surface area contributed by atoms with Gasteiger partial charge in [0.15, 0.2) is 0 Å². The van der Waals surface area contributed by atoms with E-state index in [2.05, 4.69) is 27.1 Å². The second-order valence-corrected chi connectivity index (χ2v) is 11.6. The van der Waals surface area contributed by atoms with E-state index in [0.717, 1.165) is 55.8 Å². The largest absolute Gasteiger partial charge is 0.450 e. The summed E-state index contributed by atoms with van der Waals surface area (Å²) in [6.07, 6.45) is 5.54. The Kier molecular flexibility index (Phi) is 9.13. The van der Waals surface area contributed by atoms with E-state index >= 15 is 0 Å². The highest BCUT2D eigenvalue weighted by Crippen LogP contribution is 2.37. The first-order chi connectivity index (χ1) is 18.2. The van der Waals surface area contributed by atoms with Crippen molar-refractivity contribution >= 4 is 29.4 Å². The summed E-state index contributed by atoms with van der Waals surface area (Å²) < 4.78 is 5.31. The van der Waals surface area contributed by atoms with Gasteiger partial charge in [-0.1, -0.05) is 44.0 Å². The number of aryl methyl sites for hydroxylation is 1. The molecule has 2 aliphatic rings. The molecular formula is C29H40ClN5O3. The second-order valence-electron chi connectivity index (χ2n) is 11.1. The maximum atomic E-state index is 13.9. The highest BCUT2D eigenvalue weighted by Gasteiger charge is 2.35. The van der Waals surface area contributed by atoms with Crippen molar-refractivity contribution in [2.45, 2.75) is 77.2 Å². The van der Waals surface area contributed by atoms with E-state index in [1.165, 1.54) is 5.56 Å². The summed E-state index contributed by atoms with van der Waals surface area (Å²) in [6, 6.07) is 7.43. The maximum Gasteiger partial charge on any atom is 0.407 e. The molecule has 38 heavy (non-hydrogen) atoms. The van der Waals surface area contributed by atoms with Crippen LogP contribution in [-0.4, -0.2) is 65.2 Å². The van der Waals surface area contributed by atoms with Crippen molar-refractivity contribution in [1.29, 1.82) is 0 Å². The Morgan fingerprint density at radius 3 is 2.55 bits per heavy atom. The zero-order valence-corrected chi connectivity index (χ0v) is 23.8. The van der Waals surface area contributed by atoms with Crippen LogP contribution in [0.3, 0.4) is 0 Å². The first kappa shape index (κ1) is 28.1. The normalized spacial score (nSPS) is 18.2. The Morgan fingerprint density at radius 1 is 1.16 bits per heavy atom. The molecule has 206 valence electrons. The summed E-state index contributed by atoms with van der Waals surface area (Å²) in [4.78, 5) is 39.7. The number of anilines is 1. The fraction of sp³-hybridized carbons (Fsp3) is 0.586. The molecule has 0 radical (unpaired) electrons. The molecule has 0 saturated carbocycles. The van der Waals surface area contributed by atoms with Gasteiger partial charge in [-0.3, -0.25) is 4.79 Å². The van der Waals surface area contributed by atoms with Gasteiger partial charge in [-0.05, 0) is 63.1 Å². The second kappa shape index (κ2) is 12.3. The van der Waals surface area contributed by atoms with Crippen molar-refractivity contribution in [1.82, 2.24) is 20.2 Å². The molecule has 2 atom stereocenters. The van der Waals surface area contributed by atoms with Crippen molar-refractivity contribution in [2.75, 3.05) is 37.7 Å². The summed E-state index contributed by atoms with van der Waals surface area (Å²) in [5.74, 6) is 1.11. The minimum atomic E-state index is -0.650. The van der Waals surface area contributed by atoms with Crippen molar-refractivity contribution < 1.29 is 14.3 Å². The Bertz CT molecular complexity index is 1120. The van der Waals surface area contributed by atoms with Crippen LogP contribution >= 0.6 is 11.6 Å². The zero-order chi connectivity index (χ0) is 27.3. The van der Waals surface area contributed by atoms with Gasteiger partial charge in [0.25, 0.3) is 0 Å². The predicted molar refractivity (Wildman–Crippen MR) is 150 cm³/mol. The number of benzene rings is 1. The van der Waals surface area contributed by atoms with Crippen LogP contribution in [0, 0.1) is 0 Å². The SMILES string of the molecule is CCCCOC(=O)NC(C)(C)CC(C(=O)N1CCN(c2ncnc3c2C(C)CC3)CC1)c1ccc(Cl)cc1. The average Bonchev–Trinajstić information content (AvgIpc) is 3.28. The predicted octanol–water partition coefficient (Wildman–Crippen LogP) is 5.31. The van der Waals surface area contributed by atoms with E-state index in [1.54, 1.807) is 6.33 Å². The van der Waals surface area contributed by atoms with E-state index in [9.17, 15) is 9.59 Å². The molecule has 2 aromatic rings. The first-order valence-corrected chi connectivity index (χ1v) is 14.1. The van der Waals surface area contributed by atoms with Gasteiger partial charge in [0.2, 0.25) is 5.91 Å². The lowest BCUT2D eigenvalue weighted by molar-refractivity contribution is -0.133. The molecule has 1 aliphatic heterocycles. The molecule has 4 rings (SSSR count). The lowest BCUT2D eigenvalue weighted by atomic mass is 9.84. The van der Waals surface area contributed by atoms with Crippen LogP contribution in [0.4, 0.5) is 10.6 Å². The van der Waals surface area contributed by atoms with Gasteiger partial charge in [0.05, 0.1) is 12.5 Å². The molecule has 0 spiro atoms. The van der Waals surface area contributed by atoms with Crippen LogP contribution in [0.2, 0.25) is 5.02 Å². The fourth-order valence-electron chi connectivity index (χ4n) is 5.46. The number of nitrogens with zero attached hydrogens (tertiary/aromatic N) is 4. The van der Waals surface area contributed by atoms with Gasteiger partial charge in [0, 0.05) is 48.0 Å². The number of alkyl carbamates (subject to hydrolysis) is 1. The number of hydrogen-bond acceptors (Lipinski definition) is 6. The van der Waals surface area contributed by atoms with E-state index in [-0.39, 0.29) is 5.91 Å². The molecule has 1 saturated heterocycles. The van der Waals surface area contributed by atoms with E-state index in [1.807, 2.05) is 49.9 Å². The van der Waals surface area contributed by atoms with Gasteiger partial charge in [-0.15, -0.1) is 0 Å². The van der Waals surface area contributed by atoms with E-state index < -0.39 is 17.6 Å². The number of carbonyl (C=O) groups excluding carboxylic acids is 2. The molecule has 1 aromatic heterocycles. The van der Waals surface area contributed by atoms with Gasteiger partial charge in [0.1, 0.15) is 12.1 Å². The van der Waals surface area contributed by atoms with Crippen LogP contribution < -0.4 is 10.2 Å². The smallest absolute Gasteiger partial charge is 0.407 e. The lowest BCUT2D eigenvalue weighted by Crippen LogP contribution is -2.52. The monoisotopic (exact) mass is 541 g/mol. The molecule has 2 heterocycles. The number of piperazine rings is 1. The third-order valence-electron chi connectivity index (χ3n) is 7.60. The number of hydrogen-bond donors (Lipinski definition) is 1. The minimum Gasteiger partial charge on any atom is -0.450 e. The van der Waals surface area contributed by atoms with Crippen LogP contribution in [-0.2, 0) is 16.0 Å². The molecule has 1 fully saturated rings.